The van der Waals surface area contributed by atoms with Crippen LogP contribution in [0.15, 0.2) is 42.7 Å². The summed E-state index contributed by atoms with van der Waals surface area (Å²) in [5.74, 6) is -0.255. The molecule has 1 aromatic heterocycles. The molecule has 1 aromatic carbocycles. The number of pyridine rings is 1. The van der Waals surface area contributed by atoms with Crippen molar-refractivity contribution >= 4 is 0 Å². The van der Waals surface area contributed by atoms with Gasteiger partial charge in [0.25, 0.3) is 0 Å². The van der Waals surface area contributed by atoms with Crippen molar-refractivity contribution in [3.8, 4) is 0 Å². The Hall–Kier alpha value is -1.74. The molecule has 2 nitrogen and oxygen atoms in total. The second kappa shape index (κ2) is 4.41. The van der Waals surface area contributed by atoms with Crippen molar-refractivity contribution in [1.82, 2.24) is 4.98 Å². The number of hydrogen-bond donors (Lipinski definition) is 1. The van der Waals surface area contributed by atoms with Crippen molar-refractivity contribution < 1.29 is 4.39 Å². The van der Waals surface area contributed by atoms with Gasteiger partial charge in [-0.2, -0.15) is 0 Å². The van der Waals surface area contributed by atoms with Crippen LogP contribution in [0.1, 0.15) is 22.7 Å². The first kappa shape index (κ1) is 10.8. The summed E-state index contributed by atoms with van der Waals surface area (Å²) in [5, 5.41) is 0. The van der Waals surface area contributed by atoms with Crippen LogP contribution in [0, 0.1) is 12.7 Å². The van der Waals surface area contributed by atoms with Crippen molar-refractivity contribution in [2.75, 3.05) is 0 Å². The van der Waals surface area contributed by atoms with Gasteiger partial charge < -0.3 is 5.73 Å². The molecule has 0 aliphatic heterocycles. The predicted octanol–water partition coefficient (Wildman–Crippen LogP) is 2.58. The van der Waals surface area contributed by atoms with Gasteiger partial charge in [0.05, 0.1) is 6.04 Å². The lowest BCUT2D eigenvalue weighted by Gasteiger charge is -2.12. The molecule has 2 N–H and O–H groups in total. The van der Waals surface area contributed by atoms with Gasteiger partial charge in [-0.25, -0.2) is 4.39 Å². The molecule has 1 heterocycles. The molecule has 0 radical (unpaired) electrons. The molecule has 3 heteroatoms. The van der Waals surface area contributed by atoms with Crippen LogP contribution in [-0.2, 0) is 0 Å². The van der Waals surface area contributed by atoms with Crippen LogP contribution in [0.5, 0.6) is 0 Å². The molecule has 82 valence electrons. The van der Waals surface area contributed by atoms with Gasteiger partial charge >= 0.3 is 0 Å². The molecule has 2 aromatic rings. The maximum Gasteiger partial charge on any atom is 0.123 e. The summed E-state index contributed by atoms with van der Waals surface area (Å²) < 4.78 is 13.2. The Bertz CT molecular complexity index is 462. The third-order valence-electron chi connectivity index (χ3n) is 2.47. The van der Waals surface area contributed by atoms with Gasteiger partial charge in [0.1, 0.15) is 5.82 Å². The number of halogens is 1. The van der Waals surface area contributed by atoms with Crippen LogP contribution >= 0.6 is 0 Å². The van der Waals surface area contributed by atoms with Crippen LogP contribution in [-0.4, -0.2) is 4.98 Å². The molecule has 0 amide bonds. The fraction of sp³-hybridized carbons (Fsp3) is 0.154. The Morgan fingerprint density at radius 3 is 2.69 bits per heavy atom. The molecule has 0 saturated heterocycles. The minimum Gasteiger partial charge on any atom is -0.320 e. The first-order valence-electron chi connectivity index (χ1n) is 5.09. The number of nitrogens with zero attached hydrogens (tertiary/aromatic N) is 1. The van der Waals surface area contributed by atoms with Gasteiger partial charge in [-0.1, -0.05) is 12.1 Å². The molecule has 0 spiro atoms. The van der Waals surface area contributed by atoms with E-state index in [4.69, 9.17) is 5.73 Å². The monoisotopic (exact) mass is 216 g/mol. The lowest BCUT2D eigenvalue weighted by molar-refractivity contribution is 0.622. The Kier molecular flexibility index (Phi) is 2.97. The Morgan fingerprint density at radius 2 is 2.06 bits per heavy atom. The number of aryl methyl sites for hydroxylation is 1. The van der Waals surface area contributed by atoms with Crippen LogP contribution in [0.2, 0.25) is 0 Å². The second-order valence-electron chi connectivity index (χ2n) is 3.83. The topological polar surface area (TPSA) is 38.9 Å². The first-order chi connectivity index (χ1) is 7.66. The summed E-state index contributed by atoms with van der Waals surface area (Å²) in [5.41, 5.74) is 8.57. The SMILES string of the molecule is Cc1cc(F)cc(C(N)c2cccnc2)c1. The normalized spacial score (nSPS) is 12.4. The fourth-order valence-electron chi connectivity index (χ4n) is 1.70. The summed E-state index contributed by atoms with van der Waals surface area (Å²) in [7, 11) is 0. The molecule has 1 atom stereocenters. The van der Waals surface area contributed by atoms with Gasteiger partial charge in [-0.05, 0) is 41.8 Å². The molecular formula is C13H13FN2. The van der Waals surface area contributed by atoms with Crippen molar-refractivity contribution in [3.63, 3.8) is 0 Å². The Balaban J connectivity index is 2.37. The molecule has 2 rings (SSSR count). The Labute approximate surface area is 93.9 Å². The highest BCUT2D eigenvalue weighted by atomic mass is 19.1. The van der Waals surface area contributed by atoms with E-state index in [0.717, 1.165) is 16.7 Å². The lowest BCUT2D eigenvalue weighted by atomic mass is 9.99. The highest BCUT2D eigenvalue weighted by Gasteiger charge is 2.10. The third-order valence-corrected chi connectivity index (χ3v) is 2.47. The smallest absolute Gasteiger partial charge is 0.123 e. The predicted molar refractivity (Wildman–Crippen MR) is 61.4 cm³/mol. The van der Waals surface area contributed by atoms with E-state index in [1.807, 2.05) is 25.1 Å². The van der Waals surface area contributed by atoms with Gasteiger partial charge in [0.15, 0.2) is 0 Å². The second-order valence-corrected chi connectivity index (χ2v) is 3.83. The first-order valence-corrected chi connectivity index (χ1v) is 5.09. The summed E-state index contributed by atoms with van der Waals surface area (Å²) in [4.78, 5) is 4.00. The molecule has 16 heavy (non-hydrogen) atoms. The molecule has 0 saturated carbocycles. The summed E-state index contributed by atoms with van der Waals surface area (Å²) >= 11 is 0. The van der Waals surface area contributed by atoms with Gasteiger partial charge in [-0.15, -0.1) is 0 Å². The average Bonchev–Trinajstić information content (AvgIpc) is 2.28. The minimum absolute atomic E-state index is 0.255. The van der Waals surface area contributed by atoms with E-state index < -0.39 is 0 Å². The molecular weight excluding hydrogens is 203 g/mol. The van der Waals surface area contributed by atoms with Gasteiger partial charge in [0.2, 0.25) is 0 Å². The minimum atomic E-state index is -0.330. The zero-order valence-electron chi connectivity index (χ0n) is 9.02. The number of aromatic nitrogens is 1. The molecule has 1 unspecified atom stereocenters. The van der Waals surface area contributed by atoms with Crippen LogP contribution in [0.4, 0.5) is 4.39 Å². The van der Waals surface area contributed by atoms with E-state index in [-0.39, 0.29) is 11.9 Å². The van der Waals surface area contributed by atoms with Gasteiger partial charge in [0, 0.05) is 12.4 Å². The zero-order chi connectivity index (χ0) is 11.5. The van der Waals surface area contributed by atoms with Crippen LogP contribution < -0.4 is 5.73 Å². The molecule has 0 aliphatic rings. The maximum absolute atomic E-state index is 13.2. The number of nitrogens with two attached hydrogens (primary N) is 1. The molecule has 0 fully saturated rings. The highest BCUT2D eigenvalue weighted by molar-refractivity contribution is 5.32. The van der Waals surface area contributed by atoms with E-state index >= 15 is 0 Å². The summed E-state index contributed by atoms with van der Waals surface area (Å²) in [6, 6.07) is 8.22. The van der Waals surface area contributed by atoms with Crippen molar-refractivity contribution in [1.29, 1.82) is 0 Å². The van der Waals surface area contributed by atoms with Crippen molar-refractivity contribution in [2.45, 2.75) is 13.0 Å². The zero-order valence-corrected chi connectivity index (χ0v) is 9.02. The summed E-state index contributed by atoms with van der Waals surface area (Å²) in [6.07, 6.45) is 3.39. The average molecular weight is 216 g/mol. The largest absolute Gasteiger partial charge is 0.320 e. The lowest BCUT2D eigenvalue weighted by Crippen LogP contribution is -2.12. The quantitative estimate of drug-likeness (QED) is 0.838. The summed E-state index contributed by atoms with van der Waals surface area (Å²) in [6.45, 7) is 1.85. The third kappa shape index (κ3) is 2.25. The number of benzene rings is 1. The van der Waals surface area contributed by atoms with E-state index in [0.29, 0.717) is 0 Å². The van der Waals surface area contributed by atoms with E-state index in [1.54, 1.807) is 12.4 Å². The molecule has 0 aliphatic carbocycles. The van der Waals surface area contributed by atoms with Crippen molar-refractivity contribution in [2.24, 2.45) is 5.73 Å². The standard InChI is InChI=1S/C13H13FN2/c1-9-5-11(7-12(14)6-9)13(15)10-3-2-4-16-8-10/h2-8,13H,15H2,1H3. The number of rotatable bonds is 2. The van der Waals surface area contributed by atoms with Gasteiger partial charge in [-0.3, -0.25) is 4.98 Å². The van der Waals surface area contributed by atoms with Crippen molar-refractivity contribution in [3.05, 3.63) is 65.2 Å². The fourth-order valence-corrected chi connectivity index (χ4v) is 1.70. The number of hydrogen-bond acceptors (Lipinski definition) is 2. The van der Waals surface area contributed by atoms with Crippen LogP contribution in [0.25, 0.3) is 0 Å². The van der Waals surface area contributed by atoms with E-state index in [9.17, 15) is 4.39 Å². The maximum atomic E-state index is 13.2. The van der Waals surface area contributed by atoms with Crippen LogP contribution in [0.3, 0.4) is 0 Å². The molecule has 0 bridgehead atoms. The Morgan fingerprint density at radius 1 is 1.25 bits per heavy atom. The van der Waals surface area contributed by atoms with E-state index in [2.05, 4.69) is 4.98 Å². The van der Waals surface area contributed by atoms with E-state index in [1.165, 1.54) is 12.1 Å². The highest BCUT2D eigenvalue weighted by Crippen LogP contribution is 2.20.